The predicted octanol–water partition coefficient (Wildman–Crippen LogP) is -0.353. The van der Waals surface area contributed by atoms with E-state index in [0.717, 1.165) is 0 Å². The van der Waals surface area contributed by atoms with Gasteiger partial charge in [-0.25, -0.2) is 4.79 Å². The van der Waals surface area contributed by atoms with Crippen LogP contribution in [0.25, 0.3) is 0 Å². The van der Waals surface area contributed by atoms with Gasteiger partial charge in [0.15, 0.2) is 0 Å². The van der Waals surface area contributed by atoms with E-state index in [-0.39, 0.29) is 5.92 Å². The van der Waals surface area contributed by atoms with Gasteiger partial charge in [0.05, 0.1) is 0 Å². The van der Waals surface area contributed by atoms with Crippen LogP contribution in [-0.4, -0.2) is 19.1 Å². The fraction of sp³-hybridized carbons (Fsp3) is 0.833. The fourth-order valence-corrected chi connectivity index (χ4v) is 0.441. The van der Waals surface area contributed by atoms with E-state index in [1.165, 1.54) is 7.05 Å². The first-order valence-electron chi connectivity index (χ1n) is 3.22. The van der Waals surface area contributed by atoms with Gasteiger partial charge in [0, 0.05) is 7.05 Å². The van der Waals surface area contributed by atoms with Crippen LogP contribution in [0.1, 0.15) is 13.8 Å². The van der Waals surface area contributed by atoms with Gasteiger partial charge in [-0.1, -0.05) is 13.8 Å². The second-order valence-electron chi connectivity index (χ2n) is 2.40. The lowest BCUT2D eigenvalue weighted by atomic mass is 10.1. The average Bonchev–Trinajstić information content (AvgIpc) is 1.87. The van der Waals surface area contributed by atoms with Crippen molar-refractivity contribution in [1.82, 2.24) is 5.48 Å². The van der Waals surface area contributed by atoms with Crippen LogP contribution in [0.3, 0.4) is 0 Å². The highest BCUT2D eigenvalue weighted by Gasteiger charge is 2.18. The van der Waals surface area contributed by atoms with Crippen molar-refractivity contribution in [2.45, 2.75) is 19.9 Å². The summed E-state index contributed by atoms with van der Waals surface area (Å²) in [4.78, 5) is 15.2. The van der Waals surface area contributed by atoms with Crippen LogP contribution < -0.4 is 11.2 Å². The first-order chi connectivity index (χ1) is 4.59. The molecule has 0 aromatic heterocycles. The highest BCUT2D eigenvalue weighted by Crippen LogP contribution is 1.98. The molecule has 10 heavy (non-hydrogen) atoms. The van der Waals surface area contributed by atoms with E-state index in [9.17, 15) is 4.79 Å². The molecule has 0 aromatic carbocycles. The molecule has 4 nitrogen and oxygen atoms in total. The Balaban J connectivity index is 3.71. The molecule has 0 saturated heterocycles. The molecular weight excluding hydrogens is 132 g/mol. The quantitative estimate of drug-likeness (QED) is 0.534. The molecule has 0 rings (SSSR count). The number of nitrogens with two attached hydrogens (primary N) is 1. The molecule has 1 atom stereocenters. The lowest BCUT2D eigenvalue weighted by molar-refractivity contribution is -0.152. The zero-order chi connectivity index (χ0) is 8.15. The molecule has 3 N–H and O–H groups in total. The Morgan fingerprint density at radius 1 is 1.60 bits per heavy atom. The largest absolute Gasteiger partial charge is 0.370 e. The summed E-state index contributed by atoms with van der Waals surface area (Å²) in [7, 11) is 1.52. The van der Waals surface area contributed by atoms with Crippen LogP contribution in [0.4, 0.5) is 0 Å². The van der Waals surface area contributed by atoms with Gasteiger partial charge in [-0.05, 0) is 5.92 Å². The Labute approximate surface area is 60.7 Å². The van der Waals surface area contributed by atoms with Crippen LogP contribution in [-0.2, 0) is 9.63 Å². The summed E-state index contributed by atoms with van der Waals surface area (Å²) >= 11 is 0. The summed E-state index contributed by atoms with van der Waals surface area (Å²) in [5.74, 6) is -0.307. The summed E-state index contributed by atoms with van der Waals surface area (Å²) in [6.07, 6.45) is 0. The molecule has 0 bridgehead atoms. The number of hydrogen-bond donors (Lipinski definition) is 2. The first-order valence-corrected chi connectivity index (χ1v) is 3.22. The molecule has 0 fully saturated rings. The highest BCUT2D eigenvalue weighted by molar-refractivity contribution is 5.75. The molecular formula is C6H14N2O2. The second kappa shape index (κ2) is 4.24. The third-order valence-corrected chi connectivity index (χ3v) is 1.19. The molecule has 0 heterocycles. The Bertz CT molecular complexity index is 114. The van der Waals surface area contributed by atoms with Gasteiger partial charge >= 0.3 is 5.97 Å². The van der Waals surface area contributed by atoms with Crippen LogP contribution in [0.2, 0.25) is 0 Å². The maximum atomic E-state index is 10.8. The monoisotopic (exact) mass is 146 g/mol. The Hall–Kier alpha value is -0.610. The standard InChI is InChI=1S/C6H14N2O2/c1-4(2)5(7)6(9)10-8-3/h4-5,8H,7H2,1-3H3/t5-/m0/s1. The van der Waals surface area contributed by atoms with E-state index in [4.69, 9.17) is 5.73 Å². The van der Waals surface area contributed by atoms with E-state index in [1.54, 1.807) is 0 Å². The summed E-state index contributed by atoms with van der Waals surface area (Å²) in [5, 5.41) is 0. The lowest BCUT2D eigenvalue weighted by Gasteiger charge is -2.12. The third kappa shape index (κ3) is 2.80. The fourth-order valence-electron chi connectivity index (χ4n) is 0.441. The molecule has 0 aromatic rings. The van der Waals surface area contributed by atoms with E-state index in [0.29, 0.717) is 0 Å². The zero-order valence-electron chi connectivity index (χ0n) is 6.55. The van der Waals surface area contributed by atoms with Gasteiger partial charge in [-0.15, -0.1) is 0 Å². The summed E-state index contributed by atoms with van der Waals surface area (Å²) < 4.78 is 0. The minimum atomic E-state index is -0.535. The first kappa shape index (κ1) is 9.39. The van der Waals surface area contributed by atoms with Crippen molar-refractivity contribution >= 4 is 5.97 Å². The van der Waals surface area contributed by atoms with Gasteiger partial charge in [0.2, 0.25) is 0 Å². The minimum absolute atomic E-state index is 0.112. The molecule has 0 saturated carbocycles. The topological polar surface area (TPSA) is 64.3 Å². The van der Waals surface area contributed by atoms with Crippen molar-refractivity contribution in [2.75, 3.05) is 7.05 Å². The van der Waals surface area contributed by atoms with E-state index in [1.807, 2.05) is 13.8 Å². The van der Waals surface area contributed by atoms with Crippen molar-refractivity contribution in [3.05, 3.63) is 0 Å². The third-order valence-electron chi connectivity index (χ3n) is 1.19. The van der Waals surface area contributed by atoms with Crippen LogP contribution in [0.5, 0.6) is 0 Å². The van der Waals surface area contributed by atoms with Crippen molar-refractivity contribution in [3.8, 4) is 0 Å². The maximum Gasteiger partial charge on any atom is 0.341 e. The number of carbonyl (C=O) groups excluding carboxylic acids is 1. The van der Waals surface area contributed by atoms with E-state index < -0.39 is 12.0 Å². The second-order valence-corrected chi connectivity index (χ2v) is 2.40. The Kier molecular flexibility index (Phi) is 3.99. The molecule has 0 radical (unpaired) electrons. The summed E-state index contributed by atoms with van der Waals surface area (Å²) in [6.45, 7) is 3.73. The van der Waals surface area contributed by atoms with Crippen LogP contribution in [0, 0.1) is 5.92 Å². The van der Waals surface area contributed by atoms with Crippen molar-refractivity contribution in [3.63, 3.8) is 0 Å². The molecule has 0 aliphatic heterocycles. The minimum Gasteiger partial charge on any atom is -0.370 e. The van der Waals surface area contributed by atoms with Crippen molar-refractivity contribution in [2.24, 2.45) is 11.7 Å². The molecule has 0 amide bonds. The maximum absolute atomic E-state index is 10.8. The molecule has 0 aliphatic carbocycles. The number of nitrogens with one attached hydrogen (secondary N) is 1. The number of hydrogen-bond acceptors (Lipinski definition) is 4. The molecule has 4 heteroatoms. The smallest absolute Gasteiger partial charge is 0.341 e. The van der Waals surface area contributed by atoms with E-state index >= 15 is 0 Å². The van der Waals surface area contributed by atoms with Crippen LogP contribution in [0.15, 0.2) is 0 Å². The van der Waals surface area contributed by atoms with Crippen LogP contribution >= 0.6 is 0 Å². The summed E-state index contributed by atoms with van der Waals surface area (Å²) in [6, 6.07) is -0.535. The van der Waals surface area contributed by atoms with Gasteiger partial charge in [0.25, 0.3) is 0 Å². The lowest BCUT2D eigenvalue weighted by Crippen LogP contribution is -2.38. The van der Waals surface area contributed by atoms with Crippen molar-refractivity contribution < 1.29 is 9.63 Å². The van der Waals surface area contributed by atoms with E-state index in [2.05, 4.69) is 10.3 Å². The Morgan fingerprint density at radius 2 is 2.10 bits per heavy atom. The molecule has 0 spiro atoms. The highest BCUT2D eigenvalue weighted by atomic mass is 16.7. The SMILES string of the molecule is CNOC(=O)[C@@H](N)C(C)C. The van der Waals surface area contributed by atoms with Gasteiger partial charge in [-0.3, -0.25) is 0 Å². The molecule has 0 aliphatic rings. The zero-order valence-corrected chi connectivity index (χ0v) is 6.55. The average molecular weight is 146 g/mol. The predicted molar refractivity (Wildman–Crippen MR) is 38.0 cm³/mol. The van der Waals surface area contributed by atoms with Gasteiger partial charge < -0.3 is 10.6 Å². The normalized spacial score (nSPS) is 13.3. The molecule has 0 unspecified atom stereocenters. The number of rotatable bonds is 3. The van der Waals surface area contributed by atoms with Gasteiger partial charge in [-0.2, -0.15) is 5.48 Å². The summed E-state index contributed by atoms with van der Waals surface area (Å²) in [5.41, 5.74) is 7.71. The number of carbonyl (C=O) groups is 1. The Morgan fingerprint density at radius 3 is 2.40 bits per heavy atom. The molecule has 60 valence electrons. The van der Waals surface area contributed by atoms with Crippen molar-refractivity contribution in [1.29, 1.82) is 0 Å². The van der Waals surface area contributed by atoms with Gasteiger partial charge in [0.1, 0.15) is 6.04 Å². The number of hydroxylamine groups is 1.